The molecule has 1 aliphatic heterocycles. The topological polar surface area (TPSA) is 54.5 Å². The Balaban J connectivity index is 2.11. The fraction of sp³-hybridized carbons (Fsp3) is 0.600. The van der Waals surface area contributed by atoms with Gasteiger partial charge < -0.3 is 15.0 Å². The average molecular weight is 277 g/mol. The van der Waals surface area contributed by atoms with Crippen molar-refractivity contribution in [2.45, 2.75) is 32.7 Å². The second kappa shape index (κ2) is 7.24. The zero-order valence-electron chi connectivity index (χ0n) is 12.3. The van der Waals surface area contributed by atoms with Gasteiger partial charge in [-0.15, -0.1) is 0 Å². The van der Waals surface area contributed by atoms with Gasteiger partial charge in [0.2, 0.25) is 0 Å². The number of hydrogen-bond donors (Lipinski definition) is 1. The molecule has 20 heavy (non-hydrogen) atoms. The van der Waals surface area contributed by atoms with E-state index in [9.17, 15) is 4.79 Å². The second-order valence-corrected chi connectivity index (χ2v) is 4.97. The summed E-state index contributed by atoms with van der Waals surface area (Å²) in [7, 11) is 0. The van der Waals surface area contributed by atoms with E-state index in [1.165, 1.54) is 0 Å². The Bertz CT molecular complexity index is 427. The molecule has 0 aliphatic carbocycles. The first-order valence-corrected chi connectivity index (χ1v) is 7.36. The Morgan fingerprint density at radius 2 is 2.35 bits per heavy atom. The molecule has 2 rings (SSSR count). The van der Waals surface area contributed by atoms with E-state index in [1.807, 2.05) is 6.07 Å². The van der Waals surface area contributed by atoms with E-state index in [0.717, 1.165) is 38.3 Å². The Morgan fingerprint density at radius 3 is 2.90 bits per heavy atom. The number of nitrogens with zero attached hydrogens (tertiary/aromatic N) is 2. The number of hydrogen-bond acceptors (Lipinski definition) is 5. The molecule has 1 saturated heterocycles. The van der Waals surface area contributed by atoms with Gasteiger partial charge in [0.25, 0.3) is 0 Å². The van der Waals surface area contributed by atoms with E-state index in [-0.39, 0.29) is 5.97 Å². The van der Waals surface area contributed by atoms with Crippen molar-refractivity contribution in [2.75, 3.05) is 31.1 Å². The van der Waals surface area contributed by atoms with Crippen LogP contribution in [-0.2, 0) is 4.74 Å². The van der Waals surface area contributed by atoms with Crippen LogP contribution in [0.15, 0.2) is 18.3 Å². The van der Waals surface area contributed by atoms with Crippen molar-refractivity contribution in [1.82, 2.24) is 10.3 Å². The van der Waals surface area contributed by atoms with E-state index < -0.39 is 0 Å². The van der Waals surface area contributed by atoms with Gasteiger partial charge in [0.1, 0.15) is 5.82 Å². The molecular weight excluding hydrogens is 254 g/mol. The maximum absolute atomic E-state index is 11.6. The highest BCUT2D eigenvalue weighted by Crippen LogP contribution is 2.19. The molecule has 1 atom stereocenters. The summed E-state index contributed by atoms with van der Waals surface area (Å²) < 4.78 is 4.97. The highest BCUT2D eigenvalue weighted by Gasteiger charge is 2.23. The Morgan fingerprint density at radius 1 is 1.50 bits per heavy atom. The number of pyridine rings is 1. The largest absolute Gasteiger partial charge is 0.462 e. The zero-order chi connectivity index (χ0) is 14.4. The van der Waals surface area contributed by atoms with Gasteiger partial charge in [-0.3, -0.25) is 0 Å². The summed E-state index contributed by atoms with van der Waals surface area (Å²) in [6, 6.07) is 4.21. The van der Waals surface area contributed by atoms with Crippen molar-refractivity contribution in [3.8, 4) is 0 Å². The summed E-state index contributed by atoms with van der Waals surface area (Å²) in [5.41, 5.74) is 0.511. The minimum atomic E-state index is -0.309. The molecule has 0 saturated carbocycles. The van der Waals surface area contributed by atoms with Crippen molar-refractivity contribution in [2.24, 2.45) is 0 Å². The molecule has 5 nitrogen and oxygen atoms in total. The molecule has 1 aromatic rings. The fourth-order valence-electron chi connectivity index (χ4n) is 2.52. The molecule has 2 heterocycles. The lowest BCUT2D eigenvalue weighted by Crippen LogP contribution is -2.38. The number of aromatic nitrogens is 1. The molecule has 5 heteroatoms. The predicted octanol–water partition coefficient (Wildman–Crippen LogP) is 1.84. The van der Waals surface area contributed by atoms with Crippen LogP contribution in [0, 0.1) is 0 Å². The van der Waals surface area contributed by atoms with Crippen LogP contribution >= 0.6 is 0 Å². The first-order valence-electron chi connectivity index (χ1n) is 7.36. The fourth-order valence-corrected chi connectivity index (χ4v) is 2.52. The van der Waals surface area contributed by atoms with E-state index in [4.69, 9.17) is 4.74 Å². The molecule has 0 spiro atoms. The van der Waals surface area contributed by atoms with Gasteiger partial charge in [0.15, 0.2) is 0 Å². The standard InChI is InChI=1S/C15H23N3O2/c1-3-9-18(13-7-8-16-11-13)14-6-5-12(10-17-14)15(19)20-4-2/h5-6,10,13,16H,3-4,7-9,11H2,1-2H3. The summed E-state index contributed by atoms with van der Waals surface area (Å²) >= 11 is 0. The van der Waals surface area contributed by atoms with Crippen LogP contribution in [0.4, 0.5) is 5.82 Å². The van der Waals surface area contributed by atoms with Crippen LogP contribution in [0.5, 0.6) is 0 Å². The third kappa shape index (κ3) is 3.48. The Labute approximate surface area is 120 Å². The van der Waals surface area contributed by atoms with Gasteiger partial charge in [-0.05, 0) is 38.4 Å². The molecule has 1 aromatic heterocycles. The van der Waals surface area contributed by atoms with Gasteiger partial charge in [-0.2, -0.15) is 0 Å². The maximum atomic E-state index is 11.6. The molecule has 0 amide bonds. The first kappa shape index (κ1) is 14.8. The van der Waals surface area contributed by atoms with E-state index in [0.29, 0.717) is 18.2 Å². The SMILES string of the molecule is CCCN(c1ccc(C(=O)OCC)cn1)C1CCNC1. The monoisotopic (exact) mass is 277 g/mol. The van der Waals surface area contributed by atoms with Crippen LogP contribution in [0.25, 0.3) is 0 Å². The number of anilines is 1. The van der Waals surface area contributed by atoms with Crippen LogP contribution in [0.3, 0.4) is 0 Å². The average Bonchev–Trinajstić information content (AvgIpc) is 2.99. The summed E-state index contributed by atoms with van der Waals surface area (Å²) in [6.07, 6.45) is 3.83. The third-order valence-electron chi connectivity index (χ3n) is 3.49. The van der Waals surface area contributed by atoms with Crippen molar-refractivity contribution in [3.05, 3.63) is 23.9 Å². The van der Waals surface area contributed by atoms with Gasteiger partial charge in [-0.1, -0.05) is 6.92 Å². The lowest BCUT2D eigenvalue weighted by atomic mass is 10.2. The molecule has 1 unspecified atom stereocenters. The van der Waals surface area contributed by atoms with E-state index >= 15 is 0 Å². The Hall–Kier alpha value is -1.62. The minimum Gasteiger partial charge on any atom is -0.462 e. The highest BCUT2D eigenvalue weighted by atomic mass is 16.5. The molecule has 1 aliphatic rings. The van der Waals surface area contributed by atoms with E-state index in [2.05, 4.69) is 22.1 Å². The van der Waals surface area contributed by atoms with Crippen molar-refractivity contribution in [3.63, 3.8) is 0 Å². The number of carbonyl (C=O) groups excluding carboxylic acids is 1. The molecule has 0 bridgehead atoms. The molecule has 1 fully saturated rings. The lowest BCUT2D eigenvalue weighted by Gasteiger charge is -2.29. The number of nitrogens with one attached hydrogen (secondary N) is 1. The normalized spacial score (nSPS) is 18.0. The van der Waals surface area contributed by atoms with Gasteiger partial charge in [0.05, 0.1) is 12.2 Å². The summed E-state index contributed by atoms with van der Waals surface area (Å²) in [4.78, 5) is 18.4. The number of carbonyl (C=O) groups is 1. The summed E-state index contributed by atoms with van der Waals surface area (Å²) in [6.45, 7) is 7.40. The number of ether oxygens (including phenoxy) is 1. The Kier molecular flexibility index (Phi) is 5.35. The van der Waals surface area contributed by atoms with Crippen LogP contribution in [0.2, 0.25) is 0 Å². The summed E-state index contributed by atoms with van der Waals surface area (Å²) in [5.74, 6) is 0.629. The molecule has 0 aromatic carbocycles. The number of rotatable bonds is 6. The van der Waals surface area contributed by atoms with Crippen LogP contribution in [0.1, 0.15) is 37.0 Å². The van der Waals surface area contributed by atoms with Crippen molar-refractivity contribution >= 4 is 11.8 Å². The predicted molar refractivity (Wildman–Crippen MR) is 79.1 cm³/mol. The lowest BCUT2D eigenvalue weighted by molar-refractivity contribution is 0.0526. The minimum absolute atomic E-state index is 0.309. The molecule has 1 N–H and O–H groups in total. The molecule has 110 valence electrons. The first-order chi connectivity index (χ1) is 9.76. The highest BCUT2D eigenvalue weighted by molar-refractivity contribution is 5.89. The quantitative estimate of drug-likeness (QED) is 0.804. The zero-order valence-corrected chi connectivity index (χ0v) is 12.3. The second-order valence-electron chi connectivity index (χ2n) is 4.97. The molecule has 0 radical (unpaired) electrons. The van der Waals surface area contributed by atoms with Crippen LogP contribution < -0.4 is 10.2 Å². The van der Waals surface area contributed by atoms with Gasteiger partial charge in [-0.25, -0.2) is 9.78 Å². The van der Waals surface area contributed by atoms with Crippen molar-refractivity contribution < 1.29 is 9.53 Å². The van der Waals surface area contributed by atoms with Gasteiger partial charge >= 0.3 is 5.97 Å². The number of esters is 1. The van der Waals surface area contributed by atoms with Crippen LogP contribution in [-0.4, -0.2) is 43.2 Å². The summed E-state index contributed by atoms with van der Waals surface area (Å²) in [5, 5.41) is 3.38. The third-order valence-corrected chi connectivity index (χ3v) is 3.49. The smallest absolute Gasteiger partial charge is 0.339 e. The molecular formula is C15H23N3O2. The maximum Gasteiger partial charge on any atom is 0.339 e. The van der Waals surface area contributed by atoms with Crippen molar-refractivity contribution in [1.29, 1.82) is 0 Å². The van der Waals surface area contributed by atoms with Gasteiger partial charge in [0, 0.05) is 25.3 Å². The van der Waals surface area contributed by atoms with E-state index in [1.54, 1.807) is 19.2 Å².